The van der Waals surface area contributed by atoms with Gasteiger partial charge in [-0.1, -0.05) is 0 Å². The van der Waals surface area contributed by atoms with Crippen LogP contribution >= 0.6 is 11.3 Å². The summed E-state index contributed by atoms with van der Waals surface area (Å²) in [5, 5.41) is 11.2. The van der Waals surface area contributed by atoms with Gasteiger partial charge in [0.25, 0.3) is 0 Å². The van der Waals surface area contributed by atoms with Crippen LogP contribution in [0.3, 0.4) is 0 Å². The molecule has 1 aromatic rings. The second kappa shape index (κ2) is 5.05. The zero-order valence-electron chi connectivity index (χ0n) is 11.0. The van der Waals surface area contributed by atoms with Crippen LogP contribution in [-0.4, -0.2) is 21.9 Å². The highest BCUT2D eigenvalue weighted by atomic mass is 32.1. The molecule has 0 unspecified atom stereocenters. The third kappa shape index (κ3) is 3.48. The Bertz CT molecular complexity index is 428. The molecule has 1 aliphatic rings. The maximum atomic E-state index is 12.6. The Labute approximate surface area is 114 Å². The molecule has 0 aromatic carbocycles. The average Bonchev–Trinajstić information content (AvgIpc) is 2.56. The van der Waals surface area contributed by atoms with E-state index >= 15 is 0 Å². The molecule has 0 spiro atoms. The van der Waals surface area contributed by atoms with Crippen molar-refractivity contribution in [2.24, 2.45) is 5.92 Å². The summed E-state index contributed by atoms with van der Waals surface area (Å²) >= 11 is 1.52. The number of aryl methyl sites for hydroxylation is 2. The molecule has 1 aromatic heterocycles. The van der Waals surface area contributed by atoms with Crippen LogP contribution in [0, 0.1) is 19.8 Å². The van der Waals surface area contributed by atoms with Crippen LogP contribution in [0.1, 0.15) is 41.3 Å². The maximum absolute atomic E-state index is 12.6. The van der Waals surface area contributed by atoms with Gasteiger partial charge in [0.1, 0.15) is 0 Å². The lowest BCUT2D eigenvalue weighted by Gasteiger charge is -2.36. The first-order valence-corrected chi connectivity index (χ1v) is 7.23. The first-order chi connectivity index (χ1) is 8.70. The lowest BCUT2D eigenvalue weighted by molar-refractivity contribution is -0.192. The van der Waals surface area contributed by atoms with Gasteiger partial charge >= 0.3 is 6.18 Å². The topological polar surface area (TPSA) is 33.1 Å². The smallest absolute Gasteiger partial charge is 0.389 e. The molecule has 2 nitrogen and oxygen atoms in total. The monoisotopic (exact) mass is 293 g/mol. The Morgan fingerprint density at radius 1 is 1.32 bits per heavy atom. The number of aliphatic hydroxyl groups is 1. The van der Waals surface area contributed by atoms with Crippen molar-refractivity contribution in [1.29, 1.82) is 0 Å². The molecule has 1 aliphatic carbocycles. The van der Waals surface area contributed by atoms with Crippen LogP contribution in [0.2, 0.25) is 0 Å². The molecule has 0 amide bonds. The van der Waals surface area contributed by atoms with Crippen molar-refractivity contribution in [2.45, 2.75) is 57.7 Å². The van der Waals surface area contributed by atoms with Gasteiger partial charge in [-0.2, -0.15) is 13.2 Å². The van der Waals surface area contributed by atoms with E-state index in [0.717, 1.165) is 15.6 Å². The van der Waals surface area contributed by atoms with E-state index in [1.807, 2.05) is 13.8 Å². The molecule has 1 heterocycles. The molecule has 0 radical (unpaired) electrons. The van der Waals surface area contributed by atoms with Crippen molar-refractivity contribution >= 4 is 11.3 Å². The number of nitrogens with zero attached hydrogens (tertiary/aromatic N) is 1. The molecular weight excluding hydrogens is 275 g/mol. The first-order valence-electron chi connectivity index (χ1n) is 6.42. The summed E-state index contributed by atoms with van der Waals surface area (Å²) in [5.74, 6) is -1.26. The molecule has 6 heteroatoms. The molecule has 1 saturated carbocycles. The zero-order valence-corrected chi connectivity index (χ0v) is 11.9. The Hall–Kier alpha value is -0.620. The fourth-order valence-electron chi connectivity index (χ4n) is 2.56. The largest absolute Gasteiger partial charge is 0.391 e. The molecule has 0 saturated heterocycles. The molecule has 19 heavy (non-hydrogen) atoms. The molecule has 108 valence electrons. The Morgan fingerprint density at radius 3 is 2.32 bits per heavy atom. The fraction of sp³-hybridized carbons (Fsp3) is 0.769. The third-order valence-electron chi connectivity index (χ3n) is 3.93. The highest BCUT2D eigenvalue weighted by Crippen LogP contribution is 2.42. The van der Waals surface area contributed by atoms with Crippen LogP contribution in [0.15, 0.2) is 0 Å². The number of halogens is 3. The number of thiazole rings is 1. The van der Waals surface area contributed by atoms with E-state index in [4.69, 9.17) is 0 Å². The van der Waals surface area contributed by atoms with Crippen molar-refractivity contribution in [2.75, 3.05) is 0 Å². The molecular formula is C13H18F3NOS. The van der Waals surface area contributed by atoms with Crippen LogP contribution < -0.4 is 0 Å². The van der Waals surface area contributed by atoms with Crippen molar-refractivity contribution in [3.05, 3.63) is 15.6 Å². The Morgan fingerprint density at radius 2 is 1.89 bits per heavy atom. The van der Waals surface area contributed by atoms with Gasteiger partial charge in [-0.15, -0.1) is 11.3 Å². The normalized spacial score (nSPS) is 28.6. The summed E-state index contributed by atoms with van der Waals surface area (Å²) in [4.78, 5) is 5.45. The minimum atomic E-state index is -4.13. The second-order valence-corrected chi connectivity index (χ2v) is 6.75. The van der Waals surface area contributed by atoms with Crippen LogP contribution in [-0.2, 0) is 6.42 Å². The molecule has 2 rings (SSSR count). The summed E-state index contributed by atoms with van der Waals surface area (Å²) in [7, 11) is 0. The van der Waals surface area contributed by atoms with Gasteiger partial charge in [0.15, 0.2) is 0 Å². The van der Waals surface area contributed by atoms with Gasteiger partial charge < -0.3 is 5.11 Å². The zero-order chi connectivity index (χ0) is 14.3. The van der Waals surface area contributed by atoms with Crippen LogP contribution in [0.4, 0.5) is 13.2 Å². The minimum Gasteiger partial charge on any atom is -0.389 e. The summed E-state index contributed by atoms with van der Waals surface area (Å²) in [6.07, 6.45) is -3.32. The van der Waals surface area contributed by atoms with Crippen molar-refractivity contribution < 1.29 is 18.3 Å². The highest BCUT2D eigenvalue weighted by molar-refractivity contribution is 7.11. The van der Waals surface area contributed by atoms with Crippen LogP contribution in [0.5, 0.6) is 0 Å². The van der Waals surface area contributed by atoms with Crippen molar-refractivity contribution in [3.8, 4) is 0 Å². The Kier molecular flexibility index (Phi) is 3.93. The minimum absolute atomic E-state index is 0.0172. The van der Waals surface area contributed by atoms with Gasteiger partial charge in [-0.3, -0.25) is 0 Å². The highest BCUT2D eigenvalue weighted by Gasteiger charge is 2.45. The summed E-state index contributed by atoms with van der Waals surface area (Å²) in [6, 6.07) is 0. The van der Waals surface area contributed by atoms with Gasteiger partial charge in [0.05, 0.1) is 22.2 Å². The Balaban J connectivity index is 1.98. The predicted octanol–water partition coefficient (Wildman–Crippen LogP) is 3.79. The quantitative estimate of drug-likeness (QED) is 0.900. The molecule has 1 N–H and O–H groups in total. The van der Waals surface area contributed by atoms with Gasteiger partial charge in [0, 0.05) is 11.3 Å². The predicted molar refractivity (Wildman–Crippen MR) is 68.3 cm³/mol. The molecule has 0 aliphatic heterocycles. The van der Waals surface area contributed by atoms with Gasteiger partial charge in [0.2, 0.25) is 0 Å². The van der Waals surface area contributed by atoms with Gasteiger partial charge in [-0.05, 0) is 39.5 Å². The van der Waals surface area contributed by atoms with Crippen molar-refractivity contribution in [1.82, 2.24) is 4.98 Å². The van der Waals surface area contributed by atoms with Crippen molar-refractivity contribution in [3.63, 3.8) is 0 Å². The third-order valence-corrected chi connectivity index (χ3v) is 5.01. The van der Waals surface area contributed by atoms with Gasteiger partial charge in [-0.25, -0.2) is 4.98 Å². The lowest BCUT2D eigenvalue weighted by atomic mass is 9.77. The summed E-state index contributed by atoms with van der Waals surface area (Å²) in [5.41, 5.74) is -0.0778. The van der Waals surface area contributed by atoms with E-state index in [0.29, 0.717) is 6.42 Å². The standard InChI is InChI=1S/C13H18F3NOS/c1-8-9(2)19-11(17-8)7-12(18)5-3-10(4-6-12)13(14,15)16/h10,18H,3-7H2,1-2H3. The number of rotatable bonds is 2. The van der Waals surface area contributed by atoms with E-state index in [1.165, 1.54) is 11.3 Å². The lowest BCUT2D eigenvalue weighted by Crippen LogP contribution is -2.39. The van der Waals surface area contributed by atoms with E-state index in [1.54, 1.807) is 0 Å². The second-order valence-electron chi connectivity index (χ2n) is 5.47. The SMILES string of the molecule is Cc1nc(CC2(O)CCC(C(F)(F)F)CC2)sc1C. The average molecular weight is 293 g/mol. The molecule has 0 atom stereocenters. The number of hydrogen-bond donors (Lipinski definition) is 1. The van der Waals surface area contributed by atoms with E-state index in [9.17, 15) is 18.3 Å². The summed E-state index contributed by atoms with van der Waals surface area (Å²) in [6.45, 7) is 3.86. The van der Waals surface area contributed by atoms with Crippen LogP contribution in [0.25, 0.3) is 0 Å². The fourth-order valence-corrected chi connectivity index (χ4v) is 3.63. The van der Waals surface area contributed by atoms with E-state index in [-0.39, 0.29) is 25.7 Å². The molecule has 1 fully saturated rings. The number of hydrogen-bond acceptors (Lipinski definition) is 3. The first kappa shape index (κ1) is 14.8. The number of aromatic nitrogens is 1. The van der Waals surface area contributed by atoms with E-state index < -0.39 is 17.7 Å². The molecule has 0 bridgehead atoms. The van der Waals surface area contributed by atoms with E-state index in [2.05, 4.69) is 4.98 Å². The number of alkyl halides is 3. The summed E-state index contributed by atoms with van der Waals surface area (Å²) < 4.78 is 37.8. The maximum Gasteiger partial charge on any atom is 0.391 e.